The fourth-order valence-electron chi connectivity index (χ4n) is 2.62. The molecule has 0 aliphatic carbocycles. The molecule has 1 aliphatic rings. The molecule has 0 saturated carbocycles. The molecular weight excluding hydrogens is 230 g/mol. The van der Waals surface area contributed by atoms with Crippen LogP contribution >= 0.6 is 0 Å². The van der Waals surface area contributed by atoms with Crippen molar-refractivity contribution in [3.63, 3.8) is 0 Å². The molecule has 0 aromatic carbocycles. The van der Waals surface area contributed by atoms with Crippen LogP contribution in [0.2, 0.25) is 0 Å². The predicted octanol–water partition coefficient (Wildman–Crippen LogP) is 1.63. The molecule has 100 valence electrons. The van der Waals surface area contributed by atoms with Crippen molar-refractivity contribution >= 4 is 5.91 Å². The van der Waals surface area contributed by atoms with Gasteiger partial charge in [0, 0.05) is 19.5 Å². The van der Waals surface area contributed by atoms with Crippen LogP contribution in [0.25, 0.3) is 0 Å². The highest BCUT2D eigenvalue weighted by Crippen LogP contribution is 2.23. The summed E-state index contributed by atoms with van der Waals surface area (Å²) in [6, 6.07) is 0.251. The monoisotopic (exact) mass is 251 g/mol. The van der Waals surface area contributed by atoms with E-state index in [-0.39, 0.29) is 11.9 Å². The summed E-state index contributed by atoms with van der Waals surface area (Å²) >= 11 is 0. The summed E-state index contributed by atoms with van der Waals surface area (Å²) in [7, 11) is 0. The van der Waals surface area contributed by atoms with E-state index in [4.69, 9.17) is 10.2 Å². The molecule has 1 unspecified atom stereocenters. The van der Waals surface area contributed by atoms with E-state index in [2.05, 4.69) is 4.98 Å². The maximum atomic E-state index is 12.5. The zero-order chi connectivity index (χ0) is 13.1. The Morgan fingerprint density at radius 2 is 2.28 bits per heavy atom. The lowest BCUT2D eigenvalue weighted by atomic mass is 9.99. The van der Waals surface area contributed by atoms with Crippen LogP contribution in [0.4, 0.5) is 0 Å². The molecular formula is C13H21N3O2. The number of aromatic nitrogens is 1. The van der Waals surface area contributed by atoms with Crippen LogP contribution in [-0.4, -0.2) is 34.9 Å². The third-order valence-corrected chi connectivity index (χ3v) is 3.49. The van der Waals surface area contributed by atoms with Crippen molar-refractivity contribution in [1.29, 1.82) is 0 Å². The van der Waals surface area contributed by atoms with Crippen LogP contribution in [0.3, 0.4) is 0 Å². The highest BCUT2D eigenvalue weighted by molar-refractivity contribution is 5.92. The Bertz CT molecular complexity index is 426. The molecule has 2 rings (SSSR count). The SMILES string of the molecule is Cc1nc(C)c(C(=O)N2CCCCC2CCN)o1. The number of nitrogens with two attached hydrogens (primary N) is 1. The van der Waals surface area contributed by atoms with E-state index in [9.17, 15) is 4.79 Å². The van der Waals surface area contributed by atoms with Gasteiger partial charge in [0.2, 0.25) is 5.76 Å². The predicted molar refractivity (Wildman–Crippen MR) is 68.3 cm³/mol. The summed E-state index contributed by atoms with van der Waals surface area (Å²) < 4.78 is 5.42. The first-order valence-corrected chi connectivity index (χ1v) is 6.58. The summed E-state index contributed by atoms with van der Waals surface area (Å²) in [5.41, 5.74) is 6.30. The van der Waals surface area contributed by atoms with E-state index in [1.165, 1.54) is 6.42 Å². The minimum absolute atomic E-state index is 0.0359. The average molecular weight is 251 g/mol. The molecule has 0 bridgehead atoms. The second kappa shape index (κ2) is 5.52. The molecule has 2 N–H and O–H groups in total. The molecule has 1 aliphatic heterocycles. The van der Waals surface area contributed by atoms with Crippen molar-refractivity contribution in [2.75, 3.05) is 13.1 Å². The van der Waals surface area contributed by atoms with Gasteiger partial charge in [0.25, 0.3) is 5.91 Å². The fraction of sp³-hybridized carbons (Fsp3) is 0.692. The molecule has 5 nitrogen and oxygen atoms in total. The molecule has 18 heavy (non-hydrogen) atoms. The molecule has 1 atom stereocenters. The zero-order valence-corrected chi connectivity index (χ0v) is 11.1. The smallest absolute Gasteiger partial charge is 0.291 e. The van der Waals surface area contributed by atoms with E-state index in [1.54, 1.807) is 6.92 Å². The molecule has 1 aromatic rings. The van der Waals surface area contributed by atoms with Crippen LogP contribution in [0.15, 0.2) is 4.42 Å². The number of carbonyl (C=O) groups excluding carboxylic acids is 1. The minimum atomic E-state index is -0.0359. The molecule has 0 spiro atoms. The van der Waals surface area contributed by atoms with E-state index >= 15 is 0 Å². The van der Waals surface area contributed by atoms with Crippen LogP contribution < -0.4 is 5.73 Å². The number of nitrogens with zero attached hydrogens (tertiary/aromatic N) is 2. The van der Waals surface area contributed by atoms with Gasteiger partial charge in [-0.1, -0.05) is 0 Å². The summed E-state index contributed by atoms with van der Waals surface area (Å²) in [6.45, 7) is 4.98. The van der Waals surface area contributed by atoms with Gasteiger partial charge in [-0.2, -0.15) is 0 Å². The van der Waals surface area contributed by atoms with Crippen molar-refractivity contribution in [3.8, 4) is 0 Å². The minimum Gasteiger partial charge on any atom is -0.436 e. The van der Waals surface area contributed by atoms with Crippen molar-refractivity contribution in [2.24, 2.45) is 5.73 Å². The number of piperidine rings is 1. The van der Waals surface area contributed by atoms with Crippen molar-refractivity contribution in [1.82, 2.24) is 9.88 Å². The van der Waals surface area contributed by atoms with Gasteiger partial charge in [-0.05, 0) is 39.2 Å². The number of aryl methyl sites for hydroxylation is 2. The van der Waals surface area contributed by atoms with Crippen molar-refractivity contribution in [2.45, 2.75) is 45.6 Å². The van der Waals surface area contributed by atoms with Gasteiger partial charge >= 0.3 is 0 Å². The lowest BCUT2D eigenvalue weighted by molar-refractivity contribution is 0.0570. The van der Waals surface area contributed by atoms with Gasteiger partial charge in [-0.3, -0.25) is 4.79 Å². The van der Waals surface area contributed by atoms with E-state index in [1.807, 2.05) is 11.8 Å². The molecule has 2 heterocycles. The van der Waals surface area contributed by atoms with Crippen LogP contribution in [0, 0.1) is 13.8 Å². The van der Waals surface area contributed by atoms with Crippen LogP contribution in [-0.2, 0) is 0 Å². The highest BCUT2D eigenvalue weighted by atomic mass is 16.4. The Kier molecular flexibility index (Phi) is 4.01. The lowest BCUT2D eigenvalue weighted by Crippen LogP contribution is -2.44. The molecule has 5 heteroatoms. The number of carbonyl (C=O) groups is 1. The van der Waals surface area contributed by atoms with Gasteiger partial charge in [-0.15, -0.1) is 0 Å². The maximum absolute atomic E-state index is 12.5. The number of hydrogen-bond donors (Lipinski definition) is 1. The first-order chi connectivity index (χ1) is 8.63. The number of oxazole rings is 1. The Morgan fingerprint density at radius 3 is 2.89 bits per heavy atom. The number of amides is 1. The van der Waals surface area contributed by atoms with Crippen LogP contribution in [0.5, 0.6) is 0 Å². The Labute approximate surface area is 107 Å². The van der Waals surface area contributed by atoms with Gasteiger partial charge in [0.15, 0.2) is 5.89 Å². The Hall–Kier alpha value is -1.36. The number of hydrogen-bond acceptors (Lipinski definition) is 4. The lowest BCUT2D eigenvalue weighted by Gasteiger charge is -2.35. The maximum Gasteiger partial charge on any atom is 0.291 e. The third kappa shape index (κ3) is 2.56. The van der Waals surface area contributed by atoms with Gasteiger partial charge < -0.3 is 15.1 Å². The Morgan fingerprint density at radius 1 is 1.50 bits per heavy atom. The zero-order valence-electron chi connectivity index (χ0n) is 11.1. The van der Waals surface area contributed by atoms with Crippen molar-refractivity contribution in [3.05, 3.63) is 17.3 Å². The summed E-state index contributed by atoms with van der Waals surface area (Å²) in [5, 5.41) is 0. The largest absolute Gasteiger partial charge is 0.436 e. The number of rotatable bonds is 3. The summed E-state index contributed by atoms with van der Waals surface area (Å²) in [4.78, 5) is 18.5. The highest BCUT2D eigenvalue weighted by Gasteiger charge is 2.30. The fourth-order valence-corrected chi connectivity index (χ4v) is 2.62. The van der Waals surface area contributed by atoms with E-state index < -0.39 is 0 Å². The van der Waals surface area contributed by atoms with Gasteiger partial charge in [-0.25, -0.2) is 4.98 Å². The number of likely N-dealkylation sites (tertiary alicyclic amines) is 1. The second-order valence-corrected chi connectivity index (χ2v) is 4.87. The first-order valence-electron chi connectivity index (χ1n) is 6.58. The average Bonchev–Trinajstić information content (AvgIpc) is 2.69. The molecule has 1 fully saturated rings. The van der Waals surface area contributed by atoms with E-state index in [0.29, 0.717) is 23.9 Å². The summed E-state index contributed by atoms with van der Waals surface area (Å²) in [5.74, 6) is 0.894. The van der Waals surface area contributed by atoms with E-state index in [0.717, 1.165) is 25.8 Å². The molecule has 1 amide bonds. The van der Waals surface area contributed by atoms with Crippen molar-refractivity contribution < 1.29 is 9.21 Å². The molecule has 1 aromatic heterocycles. The molecule has 1 saturated heterocycles. The second-order valence-electron chi connectivity index (χ2n) is 4.87. The normalized spacial score (nSPS) is 20.2. The quantitative estimate of drug-likeness (QED) is 0.886. The van der Waals surface area contributed by atoms with Gasteiger partial charge in [0.1, 0.15) is 0 Å². The third-order valence-electron chi connectivity index (χ3n) is 3.49. The topological polar surface area (TPSA) is 72.4 Å². The molecule has 0 radical (unpaired) electrons. The first kappa shape index (κ1) is 13.1. The van der Waals surface area contributed by atoms with Crippen LogP contribution in [0.1, 0.15) is 47.8 Å². The van der Waals surface area contributed by atoms with Gasteiger partial charge in [0.05, 0.1) is 5.69 Å². The summed E-state index contributed by atoms with van der Waals surface area (Å²) in [6.07, 6.45) is 4.12. The Balaban J connectivity index is 2.18. The standard InChI is InChI=1S/C13H21N3O2/c1-9-12(18-10(2)15-9)13(17)16-8-4-3-5-11(16)6-7-14/h11H,3-8,14H2,1-2H3.